The second-order valence-corrected chi connectivity index (χ2v) is 4.09. The Bertz CT molecular complexity index is 478. The number of nitrogens with zero attached hydrogens (tertiary/aromatic N) is 1. The van der Waals surface area contributed by atoms with Gasteiger partial charge in [0.2, 0.25) is 0 Å². The van der Waals surface area contributed by atoms with Crippen LogP contribution in [0.1, 0.15) is 5.69 Å². The van der Waals surface area contributed by atoms with Gasteiger partial charge < -0.3 is 9.15 Å². The van der Waals surface area contributed by atoms with E-state index in [4.69, 9.17) is 44.0 Å². The predicted octanol–water partition coefficient (Wildman–Crippen LogP) is 4.51. The summed E-state index contributed by atoms with van der Waals surface area (Å²) in [7, 11) is 0. The van der Waals surface area contributed by atoms with Crippen LogP contribution in [-0.2, 0) is 5.88 Å². The highest BCUT2D eigenvalue weighted by Gasteiger charge is 2.06. The van der Waals surface area contributed by atoms with Crippen LogP contribution in [0.2, 0.25) is 10.0 Å². The Balaban J connectivity index is 2.19. The average Bonchev–Trinajstić information content (AvgIpc) is 2.64. The third-order valence-corrected chi connectivity index (χ3v) is 2.42. The van der Waals surface area contributed by atoms with Crippen molar-refractivity contribution in [3.05, 3.63) is 40.2 Å². The molecule has 84 valence electrons. The van der Waals surface area contributed by atoms with Gasteiger partial charge in [0.1, 0.15) is 12.0 Å². The molecule has 1 aromatic carbocycles. The third-order valence-electron chi connectivity index (χ3n) is 1.71. The van der Waals surface area contributed by atoms with Gasteiger partial charge in [-0.15, -0.1) is 11.6 Å². The number of benzene rings is 1. The molecule has 0 spiro atoms. The van der Waals surface area contributed by atoms with Crippen molar-refractivity contribution in [1.82, 2.24) is 4.98 Å². The molecule has 1 heterocycles. The molecule has 0 aliphatic heterocycles. The van der Waals surface area contributed by atoms with Gasteiger partial charge in [-0.25, -0.2) is 0 Å². The Labute approximate surface area is 107 Å². The van der Waals surface area contributed by atoms with Gasteiger partial charge in [-0.3, -0.25) is 0 Å². The highest BCUT2D eigenvalue weighted by molar-refractivity contribution is 6.34. The van der Waals surface area contributed by atoms with Gasteiger partial charge in [-0.2, -0.15) is 4.98 Å². The maximum atomic E-state index is 5.81. The molecule has 0 saturated heterocycles. The number of oxazole rings is 1. The van der Waals surface area contributed by atoms with E-state index in [0.717, 1.165) is 0 Å². The van der Waals surface area contributed by atoms with Crippen molar-refractivity contribution in [2.45, 2.75) is 5.88 Å². The van der Waals surface area contributed by atoms with Crippen LogP contribution in [0.15, 0.2) is 28.9 Å². The minimum absolute atomic E-state index is 0.106. The second kappa shape index (κ2) is 4.95. The predicted molar refractivity (Wildman–Crippen MR) is 62.6 cm³/mol. The van der Waals surface area contributed by atoms with E-state index in [1.165, 1.54) is 6.26 Å². The summed E-state index contributed by atoms with van der Waals surface area (Å²) in [4.78, 5) is 3.98. The fourth-order valence-corrected chi connectivity index (χ4v) is 1.71. The first kappa shape index (κ1) is 11.6. The molecule has 0 saturated carbocycles. The third kappa shape index (κ3) is 2.82. The normalized spacial score (nSPS) is 10.4. The van der Waals surface area contributed by atoms with Crippen molar-refractivity contribution >= 4 is 34.8 Å². The minimum Gasteiger partial charge on any atom is -0.417 e. The number of hydrogen-bond acceptors (Lipinski definition) is 3. The first-order valence-electron chi connectivity index (χ1n) is 4.31. The quantitative estimate of drug-likeness (QED) is 0.775. The van der Waals surface area contributed by atoms with E-state index >= 15 is 0 Å². The molecular formula is C10H6Cl3NO2. The summed E-state index contributed by atoms with van der Waals surface area (Å²) in [5.41, 5.74) is 0.602. The van der Waals surface area contributed by atoms with Crippen LogP contribution in [-0.4, -0.2) is 4.98 Å². The summed E-state index contributed by atoms with van der Waals surface area (Å²) in [5.74, 6) is 0.726. The van der Waals surface area contributed by atoms with Crippen molar-refractivity contribution < 1.29 is 9.15 Å². The number of aromatic nitrogens is 1. The van der Waals surface area contributed by atoms with Crippen LogP contribution in [0.3, 0.4) is 0 Å². The monoisotopic (exact) mass is 277 g/mol. The molecule has 0 amide bonds. The summed E-state index contributed by atoms with van der Waals surface area (Å²) in [6, 6.07) is 4.83. The maximum Gasteiger partial charge on any atom is 0.399 e. The van der Waals surface area contributed by atoms with Crippen molar-refractivity contribution in [2.75, 3.05) is 0 Å². The van der Waals surface area contributed by atoms with E-state index in [0.29, 0.717) is 21.5 Å². The molecule has 2 rings (SSSR count). The highest BCUT2D eigenvalue weighted by atomic mass is 35.5. The zero-order chi connectivity index (χ0) is 11.5. The van der Waals surface area contributed by atoms with Gasteiger partial charge in [0.25, 0.3) is 0 Å². The fraction of sp³-hybridized carbons (Fsp3) is 0.100. The van der Waals surface area contributed by atoms with Crippen LogP contribution in [0.4, 0.5) is 0 Å². The number of hydrogen-bond donors (Lipinski definition) is 0. The Morgan fingerprint density at radius 1 is 1.19 bits per heavy atom. The van der Waals surface area contributed by atoms with Crippen LogP contribution in [0.25, 0.3) is 0 Å². The molecule has 0 aliphatic carbocycles. The summed E-state index contributed by atoms with van der Waals surface area (Å²) < 4.78 is 10.4. The molecule has 16 heavy (non-hydrogen) atoms. The zero-order valence-corrected chi connectivity index (χ0v) is 10.2. The van der Waals surface area contributed by atoms with E-state index in [1.54, 1.807) is 18.2 Å². The van der Waals surface area contributed by atoms with Gasteiger partial charge in [0.15, 0.2) is 0 Å². The largest absolute Gasteiger partial charge is 0.417 e. The fourth-order valence-electron chi connectivity index (χ4n) is 1.08. The van der Waals surface area contributed by atoms with Crippen molar-refractivity contribution in [2.24, 2.45) is 0 Å². The molecule has 0 radical (unpaired) electrons. The minimum atomic E-state index is 0.106. The summed E-state index contributed by atoms with van der Waals surface area (Å²) >= 11 is 17.2. The molecule has 1 aromatic heterocycles. The molecule has 0 N–H and O–H groups in total. The van der Waals surface area contributed by atoms with E-state index in [1.807, 2.05) is 0 Å². The number of alkyl halides is 1. The van der Waals surface area contributed by atoms with Crippen LogP contribution in [0, 0.1) is 0 Å². The second-order valence-electron chi connectivity index (χ2n) is 2.95. The van der Waals surface area contributed by atoms with Crippen LogP contribution < -0.4 is 4.74 Å². The lowest BCUT2D eigenvalue weighted by Crippen LogP contribution is -1.85. The van der Waals surface area contributed by atoms with Crippen molar-refractivity contribution in [3.63, 3.8) is 0 Å². The van der Waals surface area contributed by atoms with Gasteiger partial charge >= 0.3 is 6.08 Å². The van der Waals surface area contributed by atoms with E-state index in [2.05, 4.69) is 4.98 Å². The SMILES string of the molecule is ClCc1coc(Oc2cc(Cl)cc(Cl)c2)n1. The van der Waals surface area contributed by atoms with Gasteiger partial charge in [0, 0.05) is 10.0 Å². The molecule has 0 unspecified atom stereocenters. The summed E-state index contributed by atoms with van der Waals surface area (Å²) in [6.07, 6.45) is 1.53. The Kier molecular flexibility index (Phi) is 3.59. The highest BCUT2D eigenvalue weighted by Crippen LogP contribution is 2.27. The van der Waals surface area contributed by atoms with Gasteiger partial charge in [-0.1, -0.05) is 23.2 Å². The lowest BCUT2D eigenvalue weighted by atomic mass is 10.3. The standard InChI is InChI=1S/C10H6Cl3NO2/c11-4-8-5-15-10(14-8)16-9-2-6(12)1-7(13)3-9/h1-3,5H,4H2. The molecular weight excluding hydrogens is 272 g/mol. The molecule has 6 heteroatoms. The summed E-state index contributed by atoms with van der Waals surface area (Å²) in [6.45, 7) is 0. The molecule has 0 aliphatic rings. The Morgan fingerprint density at radius 2 is 1.88 bits per heavy atom. The number of ether oxygens (including phenoxy) is 1. The van der Waals surface area contributed by atoms with Crippen molar-refractivity contribution in [1.29, 1.82) is 0 Å². The van der Waals surface area contributed by atoms with E-state index < -0.39 is 0 Å². The topological polar surface area (TPSA) is 35.3 Å². The lowest BCUT2D eigenvalue weighted by molar-refractivity contribution is 0.331. The van der Waals surface area contributed by atoms with Crippen LogP contribution in [0.5, 0.6) is 11.8 Å². The Morgan fingerprint density at radius 3 is 2.44 bits per heavy atom. The molecule has 0 bridgehead atoms. The van der Waals surface area contributed by atoms with Gasteiger partial charge in [0.05, 0.1) is 11.6 Å². The maximum absolute atomic E-state index is 5.81. The zero-order valence-electron chi connectivity index (χ0n) is 7.91. The van der Waals surface area contributed by atoms with Gasteiger partial charge in [-0.05, 0) is 18.2 Å². The Hall–Kier alpha value is -0.900. The number of rotatable bonds is 3. The first-order valence-corrected chi connectivity index (χ1v) is 5.61. The average molecular weight is 279 g/mol. The van der Waals surface area contributed by atoms with E-state index in [9.17, 15) is 0 Å². The molecule has 0 fully saturated rings. The molecule has 0 atom stereocenters. The van der Waals surface area contributed by atoms with E-state index in [-0.39, 0.29) is 12.0 Å². The number of halogens is 3. The smallest absolute Gasteiger partial charge is 0.399 e. The lowest BCUT2D eigenvalue weighted by Gasteiger charge is -2.01. The first-order chi connectivity index (χ1) is 7.67. The van der Waals surface area contributed by atoms with Crippen LogP contribution >= 0.6 is 34.8 Å². The van der Waals surface area contributed by atoms with Crippen molar-refractivity contribution in [3.8, 4) is 11.8 Å². The summed E-state index contributed by atoms with van der Waals surface area (Å²) in [5, 5.41) is 0.957. The molecule has 3 nitrogen and oxygen atoms in total. The molecule has 2 aromatic rings.